The standard InChI is InChI=1S/C23H12Cl3N3O2S/c24-13-7-2-1-6-12(13)19-20(18-14(25)8-5-9-15(18)26)28-31-23(19)21(30)29-17-11-4-3-10-16(17)27-22(29)32-23/h1-11,19H/t19-,23+/m1/s1. The second-order valence-corrected chi connectivity index (χ2v) is 9.81. The van der Waals surface area contributed by atoms with Crippen LogP contribution in [0.3, 0.4) is 0 Å². The largest absolute Gasteiger partial charge is 0.366 e. The number of rotatable bonds is 2. The Kier molecular flexibility index (Phi) is 4.56. The summed E-state index contributed by atoms with van der Waals surface area (Å²) in [5.41, 5.74) is 3.10. The number of para-hydroxylation sites is 2. The average Bonchev–Trinajstić information content (AvgIpc) is 3.41. The minimum Gasteiger partial charge on any atom is -0.366 e. The van der Waals surface area contributed by atoms with Crippen molar-refractivity contribution < 1.29 is 9.63 Å². The molecule has 9 heteroatoms. The summed E-state index contributed by atoms with van der Waals surface area (Å²) < 4.78 is 1.58. The molecule has 2 aliphatic rings. The highest BCUT2D eigenvalue weighted by Crippen LogP contribution is 2.56. The number of thioether (sulfide) groups is 1. The topological polar surface area (TPSA) is 56.5 Å². The zero-order chi connectivity index (χ0) is 22.0. The molecule has 6 rings (SSSR count). The van der Waals surface area contributed by atoms with Gasteiger partial charge in [-0.25, -0.2) is 4.98 Å². The number of hydrogen-bond donors (Lipinski definition) is 0. The number of carbonyl (C=O) groups is 1. The highest BCUT2D eigenvalue weighted by atomic mass is 35.5. The SMILES string of the molecule is O=C1n2c(nc3ccccc32)S[C@]12ON=C(c1c(Cl)cccc1Cl)[C@H]2c1ccccc1Cl. The van der Waals surface area contributed by atoms with E-state index in [1.165, 1.54) is 11.8 Å². The molecule has 0 saturated carbocycles. The molecule has 1 spiro atoms. The van der Waals surface area contributed by atoms with Crippen molar-refractivity contribution in [2.24, 2.45) is 5.16 Å². The smallest absolute Gasteiger partial charge is 0.292 e. The van der Waals surface area contributed by atoms with Gasteiger partial charge in [0.05, 0.1) is 27.0 Å². The number of hydrogen-bond acceptors (Lipinski definition) is 5. The van der Waals surface area contributed by atoms with E-state index < -0.39 is 10.9 Å². The van der Waals surface area contributed by atoms with Crippen LogP contribution in [0.1, 0.15) is 21.8 Å². The number of imidazole rings is 1. The van der Waals surface area contributed by atoms with Crippen molar-refractivity contribution in [3.63, 3.8) is 0 Å². The van der Waals surface area contributed by atoms with Gasteiger partial charge in [0.15, 0.2) is 5.16 Å². The summed E-state index contributed by atoms with van der Waals surface area (Å²) in [6.45, 7) is 0. The molecule has 3 heterocycles. The number of benzene rings is 3. The predicted octanol–water partition coefficient (Wildman–Crippen LogP) is 6.66. The minimum absolute atomic E-state index is 0.280. The van der Waals surface area contributed by atoms with E-state index in [0.717, 1.165) is 5.52 Å². The molecule has 2 aliphatic heterocycles. The van der Waals surface area contributed by atoms with Crippen molar-refractivity contribution in [1.82, 2.24) is 9.55 Å². The minimum atomic E-state index is -1.42. The zero-order valence-electron chi connectivity index (χ0n) is 16.1. The Morgan fingerprint density at radius 1 is 0.906 bits per heavy atom. The first-order valence-electron chi connectivity index (χ1n) is 9.67. The van der Waals surface area contributed by atoms with Crippen molar-refractivity contribution in [3.8, 4) is 0 Å². The fraction of sp³-hybridized carbons (Fsp3) is 0.0870. The van der Waals surface area contributed by atoms with Gasteiger partial charge in [-0.15, -0.1) is 0 Å². The van der Waals surface area contributed by atoms with Crippen LogP contribution in [0.4, 0.5) is 0 Å². The first-order chi connectivity index (χ1) is 15.5. The van der Waals surface area contributed by atoms with Gasteiger partial charge in [0, 0.05) is 10.6 Å². The van der Waals surface area contributed by atoms with E-state index in [0.29, 0.717) is 42.6 Å². The van der Waals surface area contributed by atoms with Crippen molar-refractivity contribution in [1.29, 1.82) is 0 Å². The molecule has 4 aromatic rings. The Morgan fingerprint density at radius 2 is 1.59 bits per heavy atom. The van der Waals surface area contributed by atoms with E-state index in [2.05, 4.69) is 10.1 Å². The molecule has 0 aliphatic carbocycles. The zero-order valence-corrected chi connectivity index (χ0v) is 19.2. The van der Waals surface area contributed by atoms with E-state index in [1.807, 2.05) is 42.5 Å². The number of carbonyl (C=O) groups excluding carboxylic acids is 1. The Labute approximate surface area is 201 Å². The molecule has 0 unspecified atom stereocenters. The van der Waals surface area contributed by atoms with Crippen molar-refractivity contribution >= 4 is 69.2 Å². The lowest BCUT2D eigenvalue weighted by atomic mass is 9.85. The van der Waals surface area contributed by atoms with E-state index in [9.17, 15) is 4.79 Å². The number of aromatic nitrogens is 2. The molecule has 0 N–H and O–H groups in total. The fourth-order valence-electron chi connectivity index (χ4n) is 4.24. The molecular formula is C23H12Cl3N3O2S. The van der Waals surface area contributed by atoms with E-state index in [-0.39, 0.29) is 5.91 Å². The van der Waals surface area contributed by atoms with Crippen LogP contribution in [0.25, 0.3) is 11.0 Å². The summed E-state index contributed by atoms with van der Waals surface area (Å²) in [6, 6.07) is 20.0. The molecule has 1 aromatic heterocycles. The molecular weight excluding hydrogens is 489 g/mol. The summed E-state index contributed by atoms with van der Waals surface area (Å²) in [4.78, 5) is 23.1. The highest BCUT2D eigenvalue weighted by Gasteiger charge is 2.63. The molecule has 0 bridgehead atoms. The number of oxime groups is 1. The summed E-state index contributed by atoms with van der Waals surface area (Å²) in [5.74, 6) is -0.940. The predicted molar refractivity (Wildman–Crippen MR) is 127 cm³/mol. The van der Waals surface area contributed by atoms with Crippen molar-refractivity contribution in [2.75, 3.05) is 0 Å². The van der Waals surface area contributed by atoms with Gasteiger partial charge in [0.25, 0.3) is 10.8 Å². The molecule has 3 aromatic carbocycles. The molecule has 32 heavy (non-hydrogen) atoms. The summed E-state index contributed by atoms with van der Waals surface area (Å²) in [6.07, 6.45) is 0. The van der Waals surface area contributed by atoms with Crippen LogP contribution in [0.2, 0.25) is 15.1 Å². The average molecular weight is 501 g/mol. The molecule has 0 amide bonds. The fourth-order valence-corrected chi connectivity index (χ4v) is 6.37. The van der Waals surface area contributed by atoms with Crippen LogP contribution in [0, 0.1) is 0 Å². The number of halogens is 3. The lowest BCUT2D eigenvalue weighted by Crippen LogP contribution is -2.41. The normalized spacial score (nSPS) is 21.8. The summed E-state index contributed by atoms with van der Waals surface area (Å²) >= 11 is 20.9. The molecule has 0 fully saturated rings. The third-order valence-corrected chi connectivity index (χ3v) is 7.86. The second-order valence-electron chi connectivity index (χ2n) is 7.41. The van der Waals surface area contributed by atoms with Gasteiger partial charge in [0.2, 0.25) is 0 Å². The van der Waals surface area contributed by atoms with Gasteiger partial charge < -0.3 is 4.84 Å². The van der Waals surface area contributed by atoms with Gasteiger partial charge in [-0.3, -0.25) is 9.36 Å². The Hall–Kier alpha value is -2.51. The van der Waals surface area contributed by atoms with Gasteiger partial charge in [0.1, 0.15) is 5.71 Å². The maximum Gasteiger partial charge on any atom is 0.292 e. The molecule has 158 valence electrons. The van der Waals surface area contributed by atoms with E-state index in [4.69, 9.17) is 39.6 Å². The van der Waals surface area contributed by atoms with Crippen LogP contribution < -0.4 is 0 Å². The molecule has 0 radical (unpaired) electrons. The maximum atomic E-state index is 13.9. The van der Waals surface area contributed by atoms with Crippen LogP contribution in [0.15, 0.2) is 77.0 Å². The number of fused-ring (bicyclic) bond motifs is 3. The van der Waals surface area contributed by atoms with E-state index >= 15 is 0 Å². The Morgan fingerprint density at radius 3 is 2.38 bits per heavy atom. The Balaban J connectivity index is 1.57. The molecule has 5 nitrogen and oxygen atoms in total. The third-order valence-electron chi connectivity index (χ3n) is 5.64. The van der Waals surface area contributed by atoms with Crippen molar-refractivity contribution in [3.05, 3.63) is 92.9 Å². The van der Waals surface area contributed by atoms with Crippen LogP contribution >= 0.6 is 46.6 Å². The first-order valence-corrected chi connectivity index (χ1v) is 11.6. The van der Waals surface area contributed by atoms with Crippen LogP contribution in [-0.4, -0.2) is 26.1 Å². The van der Waals surface area contributed by atoms with Crippen LogP contribution in [-0.2, 0) is 4.84 Å². The summed E-state index contributed by atoms with van der Waals surface area (Å²) in [7, 11) is 0. The van der Waals surface area contributed by atoms with Crippen molar-refractivity contribution in [2.45, 2.75) is 16.0 Å². The van der Waals surface area contributed by atoms with Crippen LogP contribution in [0.5, 0.6) is 0 Å². The lowest BCUT2D eigenvalue weighted by Gasteiger charge is -2.27. The summed E-state index contributed by atoms with van der Waals surface area (Å²) in [5, 5.41) is 6.20. The van der Waals surface area contributed by atoms with Gasteiger partial charge >= 0.3 is 0 Å². The van der Waals surface area contributed by atoms with Gasteiger partial charge in [-0.2, -0.15) is 0 Å². The second kappa shape index (κ2) is 7.25. The maximum absolute atomic E-state index is 13.9. The number of nitrogens with zero attached hydrogens (tertiary/aromatic N) is 3. The van der Waals surface area contributed by atoms with E-state index in [1.54, 1.807) is 28.8 Å². The molecule has 2 atom stereocenters. The first kappa shape index (κ1) is 20.1. The monoisotopic (exact) mass is 499 g/mol. The van der Waals surface area contributed by atoms with Gasteiger partial charge in [-0.05, 0) is 47.7 Å². The quantitative estimate of drug-likeness (QED) is 0.309. The third kappa shape index (κ3) is 2.70. The Bertz CT molecular complexity index is 1450. The van der Waals surface area contributed by atoms with Gasteiger partial charge in [-0.1, -0.05) is 76.4 Å². The lowest BCUT2D eigenvalue weighted by molar-refractivity contribution is 0.0318. The highest BCUT2D eigenvalue weighted by molar-refractivity contribution is 8.01. The molecule has 0 saturated heterocycles.